The van der Waals surface area contributed by atoms with Crippen LogP contribution in [0, 0.1) is 0 Å². The van der Waals surface area contributed by atoms with Crippen molar-refractivity contribution in [2.75, 3.05) is 67.0 Å². The van der Waals surface area contributed by atoms with Crippen molar-refractivity contribution in [1.82, 2.24) is 5.32 Å². The molecule has 0 fully saturated rings. The first-order valence-electron chi connectivity index (χ1n) is 17.3. The van der Waals surface area contributed by atoms with Gasteiger partial charge in [-0.3, -0.25) is 4.79 Å². The normalized spacial score (nSPS) is 12.1. The number of carbonyl (C=O) groups is 1. The van der Waals surface area contributed by atoms with Crippen molar-refractivity contribution >= 4 is 38.2 Å². The number of methoxy groups -OCH3 is 2. The topological polar surface area (TPSA) is 101 Å². The predicted octanol–water partition coefficient (Wildman–Crippen LogP) is 7.30. The van der Waals surface area contributed by atoms with Gasteiger partial charge in [0, 0.05) is 42.9 Å². The van der Waals surface area contributed by atoms with Crippen molar-refractivity contribution in [3.8, 4) is 11.5 Å². The number of rotatable bonds is 19. The first-order valence-corrected chi connectivity index (χ1v) is 17.3. The van der Waals surface area contributed by atoms with E-state index in [1.165, 1.54) is 32.3 Å². The molecule has 50 heavy (non-hydrogen) atoms. The zero-order valence-electron chi connectivity index (χ0n) is 28.9. The molecule has 0 radical (unpaired) electrons. The van der Waals surface area contributed by atoms with Crippen LogP contribution in [0.2, 0.25) is 0 Å². The van der Waals surface area contributed by atoms with Crippen molar-refractivity contribution in [3.05, 3.63) is 119 Å². The summed E-state index contributed by atoms with van der Waals surface area (Å²) in [6.07, 6.45) is 1.55. The molecule has 3 N–H and O–H groups in total. The lowest BCUT2D eigenvalue weighted by Gasteiger charge is -2.24. The average molecular weight is 675 g/mol. The van der Waals surface area contributed by atoms with E-state index >= 15 is 0 Å². The molecule has 6 aromatic carbocycles. The van der Waals surface area contributed by atoms with Crippen molar-refractivity contribution in [2.24, 2.45) is 5.73 Å². The standard InChI is InChI=1S/C42H46N2O6/c1-46-34-15-18-37(38(28-34)47-2)40(35-16-14-31-12-11-29-7-3-8-30-13-17-36(35)41(31)39(29)30)32-9-4-10-33(27-32)42(45)44-20-6-22-49-24-26-50-25-23-48-21-5-19-43/h3-4,7-18,27-28,40H,5-6,19-26,43H2,1-2H3,(H,44,45). The molecule has 6 aromatic rings. The van der Waals surface area contributed by atoms with Gasteiger partial charge in [0.15, 0.2) is 0 Å². The summed E-state index contributed by atoms with van der Waals surface area (Å²) in [6, 6.07) is 33.5. The molecular formula is C42H46N2O6. The molecule has 1 amide bonds. The molecule has 0 saturated carbocycles. The Labute approximate surface area is 293 Å². The third kappa shape index (κ3) is 8.01. The highest BCUT2D eigenvalue weighted by atomic mass is 16.5. The SMILES string of the molecule is COc1ccc(C(c2cccc(C(=O)NCCCOCCOCCOCCCN)c2)c2ccc3ccc4cccc5ccc2c3c45)c(OC)c1. The monoisotopic (exact) mass is 674 g/mol. The van der Waals surface area contributed by atoms with Gasteiger partial charge in [0.25, 0.3) is 5.91 Å². The fourth-order valence-electron chi connectivity index (χ4n) is 6.66. The highest BCUT2D eigenvalue weighted by Crippen LogP contribution is 2.44. The van der Waals surface area contributed by atoms with Gasteiger partial charge in [0.2, 0.25) is 0 Å². The van der Waals surface area contributed by atoms with E-state index in [9.17, 15) is 4.79 Å². The molecule has 1 unspecified atom stereocenters. The molecule has 8 nitrogen and oxygen atoms in total. The number of benzene rings is 6. The van der Waals surface area contributed by atoms with Gasteiger partial charge >= 0.3 is 0 Å². The summed E-state index contributed by atoms with van der Waals surface area (Å²) < 4.78 is 28.1. The molecule has 0 spiro atoms. The minimum absolute atomic E-state index is 0.124. The maximum Gasteiger partial charge on any atom is 0.251 e. The Morgan fingerprint density at radius 2 is 1.30 bits per heavy atom. The van der Waals surface area contributed by atoms with E-state index < -0.39 is 0 Å². The summed E-state index contributed by atoms with van der Waals surface area (Å²) in [6.45, 7) is 4.42. The highest BCUT2D eigenvalue weighted by Gasteiger charge is 2.25. The Morgan fingerprint density at radius 3 is 2.02 bits per heavy atom. The number of nitrogens with one attached hydrogen (secondary N) is 1. The summed E-state index contributed by atoms with van der Waals surface area (Å²) in [5.41, 5.74) is 9.17. The number of ether oxygens (including phenoxy) is 5. The molecular weight excluding hydrogens is 628 g/mol. The average Bonchev–Trinajstić information content (AvgIpc) is 3.16. The third-order valence-electron chi connectivity index (χ3n) is 9.10. The molecule has 0 aromatic heterocycles. The maximum atomic E-state index is 13.4. The lowest BCUT2D eigenvalue weighted by atomic mass is 9.80. The van der Waals surface area contributed by atoms with Crippen LogP contribution >= 0.6 is 0 Å². The molecule has 260 valence electrons. The fourth-order valence-corrected chi connectivity index (χ4v) is 6.66. The van der Waals surface area contributed by atoms with Crippen LogP contribution in [0.25, 0.3) is 32.3 Å². The Balaban J connectivity index is 1.20. The van der Waals surface area contributed by atoms with Crippen LogP contribution in [-0.2, 0) is 14.2 Å². The molecule has 0 saturated heterocycles. The Kier molecular flexibility index (Phi) is 12.1. The van der Waals surface area contributed by atoms with Crippen LogP contribution in [0.15, 0.2) is 97.1 Å². The summed E-state index contributed by atoms with van der Waals surface area (Å²) in [5.74, 6) is 1.09. The maximum absolute atomic E-state index is 13.4. The van der Waals surface area contributed by atoms with E-state index in [-0.39, 0.29) is 11.8 Å². The quantitative estimate of drug-likeness (QED) is 0.0528. The van der Waals surface area contributed by atoms with E-state index in [1.54, 1.807) is 14.2 Å². The first kappa shape index (κ1) is 35.1. The van der Waals surface area contributed by atoms with Gasteiger partial charge < -0.3 is 34.7 Å². The zero-order chi connectivity index (χ0) is 34.7. The van der Waals surface area contributed by atoms with Crippen LogP contribution in [0.4, 0.5) is 0 Å². The van der Waals surface area contributed by atoms with E-state index in [0.29, 0.717) is 70.5 Å². The van der Waals surface area contributed by atoms with E-state index in [1.807, 2.05) is 30.3 Å². The summed E-state index contributed by atoms with van der Waals surface area (Å²) in [5, 5.41) is 10.4. The van der Waals surface area contributed by atoms with Gasteiger partial charge in [-0.15, -0.1) is 0 Å². The van der Waals surface area contributed by atoms with Gasteiger partial charge in [-0.2, -0.15) is 0 Å². The molecule has 8 heteroatoms. The van der Waals surface area contributed by atoms with Gasteiger partial charge in [-0.25, -0.2) is 0 Å². The van der Waals surface area contributed by atoms with Crippen LogP contribution in [0.3, 0.4) is 0 Å². The van der Waals surface area contributed by atoms with Crippen LogP contribution in [0.1, 0.15) is 45.8 Å². The van der Waals surface area contributed by atoms with E-state index in [0.717, 1.165) is 28.9 Å². The molecule has 1 atom stereocenters. The minimum atomic E-state index is -0.221. The van der Waals surface area contributed by atoms with Gasteiger partial charge in [-0.05, 0) is 81.0 Å². The molecule has 0 bridgehead atoms. The van der Waals surface area contributed by atoms with Gasteiger partial charge in [-0.1, -0.05) is 72.8 Å². The van der Waals surface area contributed by atoms with Crippen molar-refractivity contribution < 1.29 is 28.5 Å². The molecule has 6 rings (SSSR count). The van der Waals surface area contributed by atoms with Crippen LogP contribution in [0.5, 0.6) is 11.5 Å². The molecule has 0 heterocycles. The second-order valence-corrected chi connectivity index (χ2v) is 12.3. The smallest absolute Gasteiger partial charge is 0.251 e. The highest BCUT2D eigenvalue weighted by molar-refractivity contribution is 6.23. The summed E-state index contributed by atoms with van der Waals surface area (Å²) in [4.78, 5) is 13.4. The second-order valence-electron chi connectivity index (χ2n) is 12.3. The van der Waals surface area contributed by atoms with Crippen molar-refractivity contribution in [2.45, 2.75) is 18.8 Å². The van der Waals surface area contributed by atoms with Crippen LogP contribution < -0.4 is 20.5 Å². The van der Waals surface area contributed by atoms with Gasteiger partial charge in [0.1, 0.15) is 11.5 Å². The lowest BCUT2D eigenvalue weighted by molar-refractivity contribution is 0.0141. The summed E-state index contributed by atoms with van der Waals surface area (Å²) >= 11 is 0. The van der Waals surface area contributed by atoms with Crippen molar-refractivity contribution in [1.29, 1.82) is 0 Å². The number of hydrogen-bond acceptors (Lipinski definition) is 7. The molecule has 0 aliphatic heterocycles. The second kappa shape index (κ2) is 17.3. The number of hydrogen-bond donors (Lipinski definition) is 2. The predicted molar refractivity (Wildman–Crippen MR) is 200 cm³/mol. The Hall–Kier alpha value is -4.73. The number of carbonyl (C=O) groups excluding carboxylic acids is 1. The molecule has 0 aliphatic rings. The Bertz CT molecular complexity index is 1990. The Morgan fingerprint density at radius 1 is 0.660 bits per heavy atom. The molecule has 0 aliphatic carbocycles. The van der Waals surface area contributed by atoms with Crippen LogP contribution in [-0.4, -0.2) is 72.9 Å². The number of nitrogens with two attached hydrogens (primary N) is 1. The largest absolute Gasteiger partial charge is 0.497 e. The third-order valence-corrected chi connectivity index (χ3v) is 9.10. The first-order chi connectivity index (χ1) is 24.6. The van der Waals surface area contributed by atoms with Gasteiger partial charge in [0.05, 0.1) is 40.6 Å². The fraction of sp³-hybridized carbons (Fsp3) is 0.310. The zero-order valence-corrected chi connectivity index (χ0v) is 28.9. The lowest BCUT2D eigenvalue weighted by Crippen LogP contribution is -2.25. The van der Waals surface area contributed by atoms with Crippen molar-refractivity contribution in [3.63, 3.8) is 0 Å². The van der Waals surface area contributed by atoms with E-state index in [2.05, 4.69) is 72.0 Å². The summed E-state index contributed by atoms with van der Waals surface area (Å²) in [7, 11) is 3.33. The van der Waals surface area contributed by atoms with E-state index in [4.69, 9.17) is 29.4 Å². The minimum Gasteiger partial charge on any atom is -0.497 e. The number of amides is 1.